The molecule has 88 valence electrons. The maximum atomic E-state index is 10.3. The molecule has 2 unspecified atom stereocenters. The minimum absolute atomic E-state index is 0.115. The molecule has 1 N–H and O–H groups in total. The minimum Gasteiger partial charge on any atom is -0.496 e. The summed E-state index contributed by atoms with van der Waals surface area (Å²) < 4.78 is 10.6. The first kappa shape index (κ1) is 11.4. The fourth-order valence-electron chi connectivity index (χ4n) is 2.09. The molecule has 0 amide bonds. The van der Waals surface area contributed by atoms with Crippen LogP contribution in [-0.2, 0) is 4.74 Å². The van der Waals surface area contributed by atoms with Crippen LogP contribution in [0.3, 0.4) is 0 Å². The molecular formula is C13H18O3. The van der Waals surface area contributed by atoms with E-state index in [0.717, 1.165) is 24.2 Å². The summed E-state index contributed by atoms with van der Waals surface area (Å²) in [4.78, 5) is 0. The van der Waals surface area contributed by atoms with Crippen molar-refractivity contribution in [1.82, 2.24) is 0 Å². The summed E-state index contributed by atoms with van der Waals surface area (Å²) in [6.07, 6.45) is 1.57. The summed E-state index contributed by atoms with van der Waals surface area (Å²) in [7, 11) is 3.27. The van der Waals surface area contributed by atoms with E-state index in [1.807, 2.05) is 24.3 Å². The molecule has 0 spiro atoms. The number of benzene rings is 1. The van der Waals surface area contributed by atoms with E-state index in [0.29, 0.717) is 5.92 Å². The van der Waals surface area contributed by atoms with Gasteiger partial charge in [0.25, 0.3) is 0 Å². The molecule has 0 aliphatic heterocycles. The standard InChI is InChI=1S/C13H18O3/c1-15-11-6-4-3-5-10(11)12(14)13(16-2)9-7-8-9/h3-6,9,12-14H,7-8H2,1-2H3. The largest absolute Gasteiger partial charge is 0.496 e. The first-order valence-corrected chi connectivity index (χ1v) is 5.61. The lowest BCUT2D eigenvalue weighted by molar-refractivity contribution is -0.0268. The average molecular weight is 222 g/mol. The summed E-state index contributed by atoms with van der Waals surface area (Å²) in [5.74, 6) is 1.21. The maximum Gasteiger partial charge on any atom is 0.124 e. The molecule has 16 heavy (non-hydrogen) atoms. The number of aliphatic hydroxyl groups excluding tert-OH is 1. The number of rotatable bonds is 5. The lowest BCUT2D eigenvalue weighted by Gasteiger charge is -2.23. The molecule has 0 bridgehead atoms. The van der Waals surface area contributed by atoms with Crippen molar-refractivity contribution in [2.24, 2.45) is 5.92 Å². The van der Waals surface area contributed by atoms with Crippen LogP contribution in [0.2, 0.25) is 0 Å². The Kier molecular flexibility index (Phi) is 3.46. The van der Waals surface area contributed by atoms with Gasteiger partial charge in [0, 0.05) is 12.7 Å². The van der Waals surface area contributed by atoms with Gasteiger partial charge in [0.05, 0.1) is 13.2 Å². The summed E-state index contributed by atoms with van der Waals surface area (Å²) in [6, 6.07) is 7.55. The van der Waals surface area contributed by atoms with E-state index in [9.17, 15) is 5.11 Å². The fourth-order valence-corrected chi connectivity index (χ4v) is 2.09. The quantitative estimate of drug-likeness (QED) is 0.829. The second-order valence-electron chi connectivity index (χ2n) is 4.22. The molecule has 1 aromatic rings. The lowest BCUT2D eigenvalue weighted by Crippen LogP contribution is -2.23. The van der Waals surface area contributed by atoms with Gasteiger partial charge in [-0.1, -0.05) is 18.2 Å². The topological polar surface area (TPSA) is 38.7 Å². The highest BCUT2D eigenvalue weighted by Gasteiger charge is 2.37. The number of hydrogen-bond acceptors (Lipinski definition) is 3. The van der Waals surface area contributed by atoms with Crippen LogP contribution in [0.15, 0.2) is 24.3 Å². The van der Waals surface area contributed by atoms with Crippen molar-refractivity contribution in [3.8, 4) is 5.75 Å². The van der Waals surface area contributed by atoms with Crippen LogP contribution in [-0.4, -0.2) is 25.4 Å². The minimum atomic E-state index is -0.603. The van der Waals surface area contributed by atoms with Gasteiger partial charge in [0.15, 0.2) is 0 Å². The molecule has 1 saturated carbocycles. The third kappa shape index (κ3) is 2.20. The van der Waals surface area contributed by atoms with E-state index in [2.05, 4.69) is 0 Å². The zero-order valence-electron chi connectivity index (χ0n) is 9.72. The second-order valence-corrected chi connectivity index (χ2v) is 4.22. The molecule has 3 heteroatoms. The van der Waals surface area contributed by atoms with Crippen LogP contribution in [0.1, 0.15) is 24.5 Å². The highest BCUT2D eigenvalue weighted by Crippen LogP contribution is 2.41. The van der Waals surface area contributed by atoms with Crippen molar-refractivity contribution in [3.63, 3.8) is 0 Å². The van der Waals surface area contributed by atoms with Crippen molar-refractivity contribution < 1.29 is 14.6 Å². The van der Waals surface area contributed by atoms with Crippen molar-refractivity contribution in [2.45, 2.75) is 25.0 Å². The number of ether oxygens (including phenoxy) is 2. The lowest BCUT2D eigenvalue weighted by atomic mass is 10.00. The summed E-state index contributed by atoms with van der Waals surface area (Å²) in [5.41, 5.74) is 0.809. The first-order valence-electron chi connectivity index (χ1n) is 5.61. The van der Waals surface area contributed by atoms with Crippen LogP contribution >= 0.6 is 0 Å². The van der Waals surface area contributed by atoms with Gasteiger partial charge in [-0.3, -0.25) is 0 Å². The van der Waals surface area contributed by atoms with Gasteiger partial charge in [-0.2, -0.15) is 0 Å². The highest BCUT2D eigenvalue weighted by molar-refractivity contribution is 5.35. The molecule has 0 heterocycles. The molecule has 0 aromatic heterocycles. The van der Waals surface area contributed by atoms with Gasteiger partial charge in [0.1, 0.15) is 11.9 Å². The molecule has 0 saturated heterocycles. The molecule has 0 radical (unpaired) electrons. The first-order chi connectivity index (χ1) is 7.77. The van der Waals surface area contributed by atoms with E-state index < -0.39 is 6.10 Å². The Balaban J connectivity index is 2.20. The molecule has 3 nitrogen and oxygen atoms in total. The molecular weight excluding hydrogens is 204 g/mol. The molecule has 1 aliphatic rings. The van der Waals surface area contributed by atoms with Crippen LogP contribution in [0.5, 0.6) is 5.75 Å². The summed E-state index contributed by atoms with van der Waals surface area (Å²) >= 11 is 0. The summed E-state index contributed by atoms with van der Waals surface area (Å²) in [6.45, 7) is 0. The van der Waals surface area contributed by atoms with Gasteiger partial charge in [-0.25, -0.2) is 0 Å². The smallest absolute Gasteiger partial charge is 0.124 e. The van der Waals surface area contributed by atoms with E-state index in [1.165, 1.54) is 0 Å². The van der Waals surface area contributed by atoms with Crippen molar-refractivity contribution in [1.29, 1.82) is 0 Å². The number of para-hydroxylation sites is 1. The van der Waals surface area contributed by atoms with E-state index in [-0.39, 0.29) is 6.10 Å². The number of aliphatic hydroxyl groups is 1. The normalized spacial score (nSPS) is 19.2. The Morgan fingerprint density at radius 1 is 1.25 bits per heavy atom. The Morgan fingerprint density at radius 3 is 2.50 bits per heavy atom. The maximum absolute atomic E-state index is 10.3. The molecule has 1 fully saturated rings. The zero-order chi connectivity index (χ0) is 11.5. The molecule has 1 aliphatic carbocycles. The molecule has 2 atom stereocenters. The van der Waals surface area contributed by atoms with E-state index >= 15 is 0 Å². The van der Waals surface area contributed by atoms with E-state index in [4.69, 9.17) is 9.47 Å². The van der Waals surface area contributed by atoms with Gasteiger partial charge < -0.3 is 14.6 Å². The van der Waals surface area contributed by atoms with Crippen molar-refractivity contribution in [2.75, 3.05) is 14.2 Å². The average Bonchev–Trinajstić information content (AvgIpc) is 3.14. The van der Waals surface area contributed by atoms with Crippen LogP contribution in [0.4, 0.5) is 0 Å². The van der Waals surface area contributed by atoms with Gasteiger partial charge in [0.2, 0.25) is 0 Å². The monoisotopic (exact) mass is 222 g/mol. The van der Waals surface area contributed by atoms with E-state index in [1.54, 1.807) is 14.2 Å². The summed E-state index contributed by atoms with van der Waals surface area (Å²) in [5, 5.41) is 10.3. The van der Waals surface area contributed by atoms with Gasteiger partial charge >= 0.3 is 0 Å². The Morgan fingerprint density at radius 2 is 1.94 bits per heavy atom. The number of hydrogen-bond donors (Lipinski definition) is 1. The highest BCUT2D eigenvalue weighted by atomic mass is 16.5. The fraction of sp³-hybridized carbons (Fsp3) is 0.538. The molecule has 2 rings (SSSR count). The third-order valence-corrected chi connectivity index (χ3v) is 3.13. The predicted octanol–water partition coefficient (Wildman–Crippen LogP) is 2.15. The van der Waals surface area contributed by atoms with Crippen LogP contribution in [0.25, 0.3) is 0 Å². The Bertz CT molecular complexity index is 347. The van der Waals surface area contributed by atoms with Gasteiger partial charge in [-0.15, -0.1) is 0 Å². The van der Waals surface area contributed by atoms with Gasteiger partial charge in [-0.05, 0) is 24.8 Å². The SMILES string of the molecule is COc1ccccc1C(O)C(OC)C1CC1. The Hall–Kier alpha value is -1.06. The molecule has 1 aromatic carbocycles. The van der Waals surface area contributed by atoms with Crippen molar-refractivity contribution in [3.05, 3.63) is 29.8 Å². The number of methoxy groups -OCH3 is 2. The second kappa shape index (κ2) is 4.85. The van der Waals surface area contributed by atoms with Crippen molar-refractivity contribution >= 4 is 0 Å². The third-order valence-electron chi connectivity index (χ3n) is 3.13. The van der Waals surface area contributed by atoms with Crippen LogP contribution in [0, 0.1) is 5.92 Å². The Labute approximate surface area is 96.0 Å². The van der Waals surface area contributed by atoms with Crippen LogP contribution < -0.4 is 4.74 Å². The predicted molar refractivity (Wildman–Crippen MR) is 61.5 cm³/mol. The zero-order valence-corrected chi connectivity index (χ0v) is 9.72.